The van der Waals surface area contributed by atoms with Crippen molar-refractivity contribution in [1.29, 1.82) is 0 Å². The Kier molecular flexibility index (Phi) is 3.31. The lowest BCUT2D eigenvalue weighted by Crippen LogP contribution is -2.14. The summed E-state index contributed by atoms with van der Waals surface area (Å²) in [7, 11) is 1.23. The molecule has 5 nitrogen and oxygen atoms in total. The van der Waals surface area contributed by atoms with E-state index in [9.17, 15) is 9.59 Å². The predicted molar refractivity (Wildman–Crippen MR) is 74.7 cm³/mol. The van der Waals surface area contributed by atoms with Gasteiger partial charge in [0.05, 0.1) is 19.6 Å². The highest BCUT2D eigenvalue weighted by molar-refractivity contribution is 5.93. The lowest BCUT2D eigenvalue weighted by molar-refractivity contribution is -0.144. The van der Waals surface area contributed by atoms with E-state index in [2.05, 4.69) is 4.74 Å². The van der Waals surface area contributed by atoms with E-state index in [1.54, 1.807) is 12.3 Å². The zero-order valence-electron chi connectivity index (χ0n) is 11.2. The van der Waals surface area contributed by atoms with E-state index >= 15 is 0 Å². The van der Waals surface area contributed by atoms with Gasteiger partial charge in [-0.25, -0.2) is 0 Å². The first-order chi connectivity index (χ1) is 10.2. The van der Waals surface area contributed by atoms with Gasteiger partial charge in [-0.1, -0.05) is 12.1 Å². The Balaban J connectivity index is 1.96. The third-order valence-corrected chi connectivity index (χ3v) is 3.31. The van der Waals surface area contributed by atoms with Gasteiger partial charge in [-0.3, -0.25) is 4.79 Å². The van der Waals surface area contributed by atoms with Gasteiger partial charge in [0.2, 0.25) is 0 Å². The Morgan fingerprint density at radius 1 is 1.19 bits per heavy atom. The first-order valence-electron chi connectivity index (χ1n) is 6.32. The van der Waals surface area contributed by atoms with E-state index in [4.69, 9.17) is 8.83 Å². The Hall–Kier alpha value is -2.82. The molecule has 3 aromatic rings. The van der Waals surface area contributed by atoms with Crippen molar-refractivity contribution in [2.75, 3.05) is 7.11 Å². The minimum absolute atomic E-state index is 0.256. The summed E-state index contributed by atoms with van der Waals surface area (Å²) < 4.78 is 15.3. The average Bonchev–Trinajstić information content (AvgIpc) is 3.15. The number of hydrogen-bond acceptors (Lipinski definition) is 5. The molecule has 0 aliphatic rings. The number of aldehydes is 1. The fourth-order valence-electron chi connectivity index (χ4n) is 2.17. The summed E-state index contributed by atoms with van der Waals surface area (Å²) in [6.07, 6.45) is 3.62. The molecule has 3 rings (SSSR count). The molecule has 1 aromatic carbocycles. The Labute approximate surface area is 120 Å². The number of benzene rings is 1. The number of hydrogen-bond donors (Lipinski definition) is 0. The van der Waals surface area contributed by atoms with Crippen LogP contribution in [0.5, 0.6) is 0 Å². The Morgan fingerprint density at radius 3 is 2.81 bits per heavy atom. The predicted octanol–water partition coefficient (Wildman–Crippen LogP) is 3.15. The van der Waals surface area contributed by atoms with E-state index in [1.807, 2.05) is 24.3 Å². The van der Waals surface area contributed by atoms with Crippen molar-refractivity contribution in [3.05, 3.63) is 48.6 Å². The van der Waals surface area contributed by atoms with Crippen molar-refractivity contribution in [2.45, 2.75) is 5.92 Å². The van der Waals surface area contributed by atoms with Gasteiger partial charge >= 0.3 is 5.97 Å². The third-order valence-electron chi connectivity index (χ3n) is 3.31. The summed E-state index contributed by atoms with van der Waals surface area (Å²) in [4.78, 5) is 22.5. The summed E-state index contributed by atoms with van der Waals surface area (Å²) in [5.41, 5.74) is 2.40. The van der Waals surface area contributed by atoms with Gasteiger partial charge in [0.15, 0.2) is 5.92 Å². The van der Waals surface area contributed by atoms with Crippen LogP contribution in [0.15, 0.2) is 51.7 Å². The lowest BCUT2D eigenvalue weighted by atomic mass is 10.0. The number of furan rings is 2. The first-order valence-corrected chi connectivity index (χ1v) is 6.32. The number of carbonyl (C=O) groups is 2. The quantitative estimate of drug-likeness (QED) is 0.418. The molecule has 0 saturated heterocycles. The molecule has 0 N–H and O–H groups in total. The standard InChI is InChI=1S/C16H12O5/c1-19-16(18)13(8-17)15-7-12(9-21-15)11-3-2-10-4-5-20-14(10)6-11/h2-9,13H,1H3. The smallest absolute Gasteiger partial charge is 0.323 e. The summed E-state index contributed by atoms with van der Waals surface area (Å²) in [5, 5.41) is 1.00. The van der Waals surface area contributed by atoms with E-state index < -0.39 is 11.9 Å². The maximum Gasteiger partial charge on any atom is 0.323 e. The SMILES string of the molecule is COC(=O)C(C=O)c1cc(-c2ccc3ccoc3c2)co1. The van der Waals surface area contributed by atoms with Crippen molar-refractivity contribution in [3.63, 3.8) is 0 Å². The van der Waals surface area contributed by atoms with Crippen molar-refractivity contribution >= 4 is 23.2 Å². The number of methoxy groups -OCH3 is 1. The van der Waals surface area contributed by atoms with Crippen LogP contribution in [0.3, 0.4) is 0 Å². The van der Waals surface area contributed by atoms with Crippen molar-refractivity contribution < 1.29 is 23.2 Å². The molecule has 0 radical (unpaired) electrons. The molecule has 1 unspecified atom stereocenters. The highest BCUT2D eigenvalue weighted by atomic mass is 16.5. The van der Waals surface area contributed by atoms with E-state index in [0.717, 1.165) is 22.1 Å². The highest BCUT2D eigenvalue weighted by Crippen LogP contribution is 2.29. The summed E-state index contributed by atoms with van der Waals surface area (Å²) in [6, 6.07) is 9.25. The van der Waals surface area contributed by atoms with Crippen LogP contribution >= 0.6 is 0 Å². The molecule has 2 aromatic heterocycles. The number of esters is 1. The minimum Gasteiger partial charge on any atom is -0.468 e. The van der Waals surface area contributed by atoms with Crippen LogP contribution in [-0.2, 0) is 14.3 Å². The molecule has 21 heavy (non-hydrogen) atoms. The topological polar surface area (TPSA) is 69.7 Å². The second-order valence-electron chi connectivity index (χ2n) is 4.55. The second-order valence-corrected chi connectivity index (χ2v) is 4.55. The summed E-state index contributed by atoms with van der Waals surface area (Å²) >= 11 is 0. The van der Waals surface area contributed by atoms with Crippen molar-refractivity contribution in [3.8, 4) is 11.1 Å². The maximum atomic E-state index is 11.5. The van der Waals surface area contributed by atoms with Gasteiger partial charge in [-0.15, -0.1) is 0 Å². The van der Waals surface area contributed by atoms with Gasteiger partial charge < -0.3 is 18.4 Å². The highest BCUT2D eigenvalue weighted by Gasteiger charge is 2.24. The molecule has 2 heterocycles. The molecule has 0 spiro atoms. The zero-order chi connectivity index (χ0) is 14.8. The van der Waals surface area contributed by atoms with Crippen LogP contribution in [0.4, 0.5) is 0 Å². The zero-order valence-corrected chi connectivity index (χ0v) is 11.2. The molecule has 0 bridgehead atoms. The second kappa shape index (κ2) is 5.28. The minimum atomic E-state index is -1.05. The fourth-order valence-corrected chi connectivity index (χ4v) is 2.17. The molecular weight excluding hydrogens is 272 g/mol. The van der Waals surface area contributed by atoms with Crippen LogP contribution < -0.4 is 0 Å². The molecule has 0 fully saturated rings. The number of rotatable bonds is 4. The molecule has 1 atom stereocenters. The van der Waals surface area contributed by atoms with Gasteiger partial charge in [-0.2, -0.15) is 0 Å². The average molecular weight is 284 g/mol. The fraction of sp³-hybridized carbons (Fsp3) is 0.125. The van der Waals surface area contributed by atoms with Gasteiger partial charge in [0.1, 0.15) is 17.6 Å². The number of fused-ring (bicyclic) bond motifs is 1. The Bertz CT molecular complexity index is 796. The molecule has 0 aliphatic carbocycles. The number of carbonyl (C=O) groups excluding carboxylic acids is 2. The van der Waals surface area contributed by atoms with Crippen LogP contribution in [0.25, 0.3) is 22.1 Å². The molecule has 0 saturated carbocycles. The van der Waals surface area contributed by atoms with Crippen molar-refractivity contribution in [2.24, 2.45) is 0 Å². The van der Waals surface area contributed by atoms with Gasteiger partial charge in [0.25, 0.3) is 0 Å². The van der Waals surface area contributed by atoms with Gasteiger partial charge in [-0.05, 0) is 23.8 Å². The van der Waals surface area contributed by atoms with E-state index in [1.165, 1.54) is 13.4 Å². The van der Waals surface area contributed by atoms with Gasteiger partial charge in [0, 0.05) is 10.9 Å². The number of ether oxygens (including phenoxy) is 1. The largest absolute Gasteiger partial charge is 0.468 e. The molecule has 106 valence electrons. The van der Waals surface area contributed by atoms with Crippen molar-refractivity contribution in [1.82, 2.24) is 0 Å². The van der Waals surface area contributed by atoms with Crippen LogP contribution in [0.2, 0.25) is 0 Å². The normalized spacial score (nSPS) is 12.2. The molecule has 0 amide bonds. The summed E-state index contributed by atoms with van der Waals surface area (Å²) in [5.74, 6) is -1.44. The monoisotopic (exact) mass is 284 g/mol. The molecular formula is C16H12O5. The van der Waals surface area contributed by atoms with Crippen LogP contribution in [0.1, 0.15) is 11.7 Å². The van der Waals surface area contributed by atoms with Crippen LogP contribution in [-0.4, -0.2) is 19.4 Å². The van der Waals surface area contributed by atoms with E-state index in [-0.39, 0.29) is 5.76 Å². The first kappa shape index (κ1) is 13.2. The Morgan fingerprint density at radius 2 is 2.05 bits per heavy atom. The maximum absolute atomic E-state index is 11.5. The molecule has 0 aliphatic heterocycles. The van der Waals surface area contributed by atoms with Crippen LogP contribution in [0, 0.1) is 0 Å². The lowest BCUT2D eigenvalue weighted by Gasteiger charge is -2.03. The third kappa shape index (κ3) is 2.33. The summed E-state index contributed by atoms with van der Waals surface area (Å²) in [6.45, 7) is 0. The van der Waals surface area contributed by atoms with E-state index in [0.29, 0.717) is 6.29 Å². The molecule has 5 heteroatoms.